The van der Waals surface area contributed by atoms with Gasteiger partial charge in [0, 0.05) is 0 Å². The van der Waals surface area contributed by atoms with Gasteiger partial charge >= 0.3 is 35.8 Å². The summed E-state index contributed by atoms with van der Waals surface area (Å²) in [5.41, 5.74) is -5.48. The summed E-state index contributed by atoms with van der Waals surface area (Å²) in [6.07, 6.45) is -3.44. The largest absolute Gasteiger partial charge is 0.481 e. The lowest BCUT2D eigenvalue weighted by atomic mass is 9.96. The summed E-state index contributed by atoms with van der Waals surface area (Å²) in [5.74, 6) is -10.0. The average molecular weight is 488 g/mol. The maximum absolute atomic E-state index is 10.3. The Morgan fingerprint density at radius 2 is 0.879 bits per heavy atom. The number of carboxylic acids is 6. The molecule has 0 bridgehead atoms. The Labute approximate surface area is 186 Å². The SMILES string of the molecule is CCCC(O)CO.O=C(O)CC(O)(CC(=O)O)C(=O)O.O=C(O)CC(O)(CC(=O)O)C(=O)O. The van der Waals surface area contributed by atoms with Crippen LogP contribution in [0.4, 0.5) is 0 Å². The molecule has 0 fully saturated rings. The lowest BCUT2D eigenvalue weighted by molar-refractivity contribution is -0.170. The molecular weight excluding hydrogens is 460 g/mol. The van der Waals surface area contributed by atoms with Gasteiger partial charge in [0.15, 0.2) is 11.2 Å². The van der Waals surface area contributed by atoms with E-state index in [4.69, 9.17) is 51.1 Å². The van der Waals surface area contributed by atoms with Crippen LogP contribution < -0.4 is 0 Å². The number of hydrogen-bond donors (Lipinski definition) is 10. The number of hydrogen-bond acceptors (Lipinski definition) is 10. The molecule has 0 aliphatic carbocycles. The summed E-state index contributed by atoms with van der Waals surface area (Å²) >= 11 is 0. The molecule has 0 heterocycles. The molecule has 0 rings (SSSR count). The van der Waals surface area contributed by atoms with E-state index < -0.39 is 78.8 Å². The van der Waals surface area contributed by atoms with E-state index in [1.54, 1.807) is 0 Å². The van der Waals surface area contributed by atoms with Gasteiger partial charge in [0.05, 0.1) is 38.4 Å². The minimum absolute atomic E-state index is 0.103. The summed E-state index contributed by atoms with van der Waals surface area (Å²) in [4.78, 5) is 61.0. The maximum atomic E-state index is 10.3. The van der Waals surface area contributed by atoms with E-state index in [2.05, 4.69) is 0 Å². The molecule has 0 saturated carbocycles. The predicted octanol–water partition coefficient (Wildman–Crippen LogP) is -2.36. The molecule has 0 aromatic rings. The number of rotatable bonds is 13. The molecule has 0 aliphatic rings. The molecule has 16 nitrogen and oxygen atoms in total. The normalized spacial score (nSPS) is 11.5. The van der Waals surface area contributed by atoms with Gasteiger partial charge in [-0.2, -0.15) is 0 Å². The molecule has 192 valence electrons. The number of aliphatic hydroxyl groups is 4. The summed E-state index contributed by atoms with van der Waals surface area (Å²) in [7, 11) is 0. The molecule has 0 aromatic heterocycles. The van der Waals surface area contributed by atoms with Crippen LogP contribution in [0.1, 0.15) is 45.4 Å². The van der Waals surface area contributed by atoms with Crippen LogP contribution in [-0.4, -0.2) is 111 Å². The number of carbonyl (C=O) groups is 6. The Hall–Kier alpha value is -3.34. The zero-order valence-electron chi connectivity index (χ0n) is 17.4. The smallest absolute Gasteiger partial charge is 0.336 e. The van der Waals surface area contributed by atoms with Crippen LogP contribution in [0.15, 0.2) is 0 Å². The molecule has 0 radical (unpaired) electrons. The van der Waals surface area contributed by atoms with E-state index in [0.717, 1.165) is 6.42 Å². The molecular formula is C17H28O16. The number of carboxylic acid groups (broad SMARTS) is 6. The molecule has 0 spiro atoms. The Bertz CT molecular complexity index is 601. The highest BCUT2D eigenvalue weighted by atomic mass is 16.4. The highest BCUT2D eigenvalue weighted by Gasteiger charge is 2.41. The number of aliphatic carboxylic acids is 6. The minimum atomic E-state index is -2.74. The van der Waals surface area contributed by atoms with Crippen LogP contribution in [0, 0.1) is 0 Å². The van der Waals surface area contributed by atoms with Crippen molar-refractivity contribution in [1.82, 2.24) is 0 Å². The van der Waals surface area contributed by atoms with Crippen LogP contribution in [0.3, 0.4) is 0 Å². The van der Waals surface area contributed by atoms with Gasteiger partial charge in [0.1, 0.15) is 0 Å². The van der Waals surface area contributed by atoms with Gasteiger partial charge < -0.3 is 51.1 Å². The highest BCUT2D eigenvalue weighted by Crippen LogP contribution is 2.16. The van der Waals surface area contributed by atoms with Gasteiger partial charge in [-0.05, 0) is 6.42 Å². The van der Waals surface area contributed by atoms with Crippen LogP contribution >= 0.6 is 0 Å². The molecule has 33 heavy (non-hydrogen) atoms. The van der Waals surface area contributed by atoms with Crippen LogP contribution in [0.25, 0.3) is 0 Å². The quantitative estimate of drug-likeness (QED) is 0.130. The second-order valence-corrected chi connectivity index (χ2v) is 6.58. The first-order valence-electron chi connectivity index (χ1n) is 8.94. The van der Waals surface area contributed by atoms with E-state index >= 15 is 0 Å². The third-order valence-electron chi connectivity index (χ3n) is 3.40. The van der Waals surface area contributed by atoms with Crippen molar-refractivity contribution in [1.29, 1.82) is 0 Å². The molecule has 0 amide bonds. The van der Waals surface area contributed by atoms with E-state index in [1.807, 2.05) is 6.92 Å². The Morgan fingerprint density at radius 1 is 0.636 bits per heavy atom. The zero-order chi connectivity index (χ0) is 27.0. The van der Waals surface area contributed by atoms with Crippen molar-refractivity contribution in [2.45, 2.75) is 62.8 Å². The predicted molar refractivity (Wildman–Crippen MR) is 102 cm³/mol. The molecule has 0 aromatic carbocycles. The van der Waals surface area contributed by atoms with E-state index in [-0.39, 0.29) is 6.61 Å². The van der Waals surface area contributed by atoms with Crippen molar-refractivity contribution < 1.29 is 79.8 Å². The second-order valence-electron chi connectivity index (χ2n) is 6.58. The van der Waals surface area contributed by atoms with Crippen molar-refractivity contribution in [3.63, 3.8) is 0 Å². The molecule has 0 aliphatic heterocycles. The molecule has 1 atom stereocenters. The molecule has 16 heteroatoms. The molecule has 10 N–H and O–H groups in total. The Balaban J connectivity index is -0.000000429. The third kappa shape index (κ3) is 18.0. The van der Waals surface area contributed by atoms with Gasteiger partial charge in [-0.1, -0.05) is 13.3 Å². The number of aliphatic hydroxyl groups excluding tert-OH is 2. The summed E-state index contributed by atoms with van der Waals surface area (Å²) < 4.78 is 0. The fourth-order valence-corrected chi connectivity index (χ4v) is 1.85. The average Bonchev–Trinajstić information content (AvgIpc) is 2.59. The summed E-state index contributed by atoms with van der Waals surface area (Å²) in [6, 6.07) is 0. The first kappa shape index (κ1) is 34.3. The van der Waals surface area contributed by atoms with Gasteiger partial charge in [0.25, 0.3) is 0 Å². The first-order valence-corrected chi connectivity index (χ1v) is 8.94. The van der Waals surface area contributed by atoms with Crippen molar-refractivity contribution in [3.8, 4) is 0 Å². The van der Waals surface area contributed by atoms with Gasteiger partial charge in [-0.3, -0.25) is 19.2 Å². The standard InChI is InChI=1S/2C6H8O7.C5H12O2/c2*7-3(8)1-6(13,5(11)12)2-4(9)10;1-2-3-5(7)4-6/h2*13H,1-2H2,(H,7,8)(H,9,10)(H,11,12);5-7H,2-4H2,1H3. The first-order chi connectivity index (χ1) is 14.9. The molecule has 1 unspecified atom stereocenters. The lowest BCUT2D eigenvalue weighted by Crippen LogP contribution is -2.42. The van der Waals surface area contributed by atoms with Gasteiger partial charge in [-0.25, -0.2) is 9.59 Å². The summed E-state index contributed by atoms with van der Waals surface area (Å²) in [5, 5.41) is 84.4. The van der Waals surface area contributed by atoms with Crippen molar-refractivity contribution in [3.05, 3.63) is 0 Å². The zero-order valence-corrected chi connectivity index (χ0v) is 17.4. The van der Waals surface area contributed by atoms with Crippen molar-refractivity contribution in [2.24, 2.45) is 0 Å². The Morgan fingerprint density at radius 3 is 0.970 bits per heavy atom. The van der Waals surface area contributed by atoms with E-state index in [1.165, 1.54) is 0 Å². The van der Waals surface area contributed by atoms with Crippen LogP contribution in [0.2, 0.25) is 0 Å². The third-order valence-corrected chi connectivity index (χ3v) is 3.40. The van der Waals surface area contributed by atoms with E-state index in [0.29, 0.717) is 6.42 Å². The highest BCUT2D eigenvalue weighted by molar-refractivity contribution is 5.88. The maximum Gasteiger partial charge on any atom is 0.336 e. The van der Waals surface area contributed by atoms with Crippen molar-refractivity contribution >= 4 is 35.8 Å². The van der Waals surface area contributed by atoms with Gasteiger partial charge in [0.2, 0.25) is 0 Å². The van der Waals surface area contributed by atoms with Crippen LogP contribution in [-0.2, 0) is 28.8 Å². The van der Waals surface area contributed by atoms with Crippen molar-refractivity contribution in [2.75, 3.05) is 6.61 Å². The molecule has 0 saturated heterocycles. The van der Waals surface area contributed by atoms with Gasteiger partial charge in [-0.15, -0.1) is 0 Å². The summed E-state index contributed by atoms with van der Waals surface area (Å²) in [6.45, 7) is 1.87. The fourth-order valence-electron chi connectivity index (χ4n) is 1.85. The topological polar surface area (TPSA) is 305 Å². The Kier molecular flexibility index (Phi) is 16.9. The van der Waals surface area contributed by atoms with E-state index in [9.17, 15) is 28.8 Å². The minimum Gasteiger partial charge on any atom is -0.481 e. The lowest BCUT2D eigenvalue weighted by Gasteiger charge is -2.18. The second kappa shape index (κ2) is 16.3. The monoisotopic (exact) mass is 488 g/mol. The van der Waals surface area contributed by atoms with Crippen LogP contribution in [0.5, 0.6) is 0 Å². The fraction of sp³-hybridized carbons (Fsp3) is 0.647.